The van der Waals surface area contributed by atoms with E-state index in [9.17, 15) is 9.18 Å². The molecule has 0 bridgehead atoms. The Hall–Kier alpha value is -2.14. The molecule has 2 aromatic rings. The lowest BCUT2D eigenvalue weighted by Gasteiger charge is -2.20. The number of hydrogen-bond donors (Lipinski definition) is 0. The quantitative estimate of drug-likeness (QED) is 0.864. The van der Waals surface area contributed by atoms with E-state index in [0.717, 1.165) is 32.6 Å². The van der Waals surface area contributed by atoms with Crippen molar-refractivity contribution >= 4 is 5.91 Å². The maximum Gasteiger partial charge on any atom is 0.223 e. The number of benzene rings is 1. The van der Waals surface area contributed by atoms with Crippen molar-refractivity contribution in [1.82, 2.24) is 9.80 Å². The Balaban J connectivity index is 1.57. The van der Waals surface area contributed by atoms with Crippen LogP contribution in [0.15, 0.2) is 40.8 Å². The first-order valence-corrected chi connectivity index (χ1v) is 8.43. The zero-order chi connectivity index (χ0) is 16.9. The molecule has 1 saturated heterocycles. The Morgan fingerprint density at radius 2 is 1.96 bits per heavy atom. The summed E-state index contributed by atoms with van der Waals surface area (Å²) in [5.74, 6) is 1.08. The molecule has 0 radical (unpaired) electrons. The Morgan fingerprint density at radius 3 is 2.79 bits per heavy atom. The minimum absolute atomic E-state index is 0.161. The highest BCUT2D eigenvalue weighted by atomic mass is 19.1. The number of aryl methyl sites for hydroxylation is 1. The van der Waals surface area contributed by atoms with E-state index >= 15 is 0 Å². The van der Waals surface area contributed by atoms with Crippen LogP contribution in [-0.4, -0.2) is 48.9 Å². The molecule has 1 aliphatic rings. The molecule has 128 valence electrons. The first-order valence-electron chi connectivity index (χ1n) is 8.43. The first-order chi connectivity index (χ1) is 11.6. The normalized spacial score (nSPS) is 16.2. The molecule has 1 aliphatic heterocycles. The van der Waals surface area contributed by atoms with Gasteiger partial charge in [0.2, 0.25) is 5.91 Å². The van der Waals surface area contributed by atoms with Gasteiger partial charge in [-0.3, -0.25) is 4.79 Å². The summed E-state index contributed by atoms with van der Waals surface area (Å²) in [6, 6.07) is 10.1. The highest BCUT2D eigenvalue weighted by molar-refractivity contribution is 5.76. The summed E-state index contributed by atoms with van der Waals surface area (Å²) in [6.45, 7) is 3.56. The van der Waals surface area contributed by atoms with Crippen LogP contribution in [0.1, 0.15) is 18.6 Å². The number of halogens is 1. The average molecular weight is 330 g/mol. The minimum Gasteiger partial charge on any atom is -0.461 e. The number of carbonyl (C=O) groups excluding carboxylic acids is 1. The zero-order valence-electron chi connectivity index (χ0n) is 14.0. The summed E-state index contributed by atoms with van der Waals surface area (Å²) in [5, 5.41) is 0. The number of furan rings is 1. The van der Waals surface area contributed by atoms with Gasteiger partial charge in [0, 0.05) is 32.5 Å². The standard InChI is InChI=1S/C19H23FN2O2/c1-21-11-4-12-22(14-13-21)19(23)10-8-15-7-9-18(24-15)16-5-2-3-6-17(16)20/h2-3,5-7,9H,4,8,10-14H2,1H3. The third-order valence-electron chi connectivity index (χ3n) is 4.46. The van der Waals surface area contributed by atoms with Crippen molar-refractivity contribution < 1.29 is 13.6 Å². The largest absolute Gasteiger partial charge is 0.461 e. The molecule has 1 fully saturated rings. The maximum atomic E-state index is 13.8. The third kappa shape index (κ3) is 4.03. The van der Waals surface area contributed by atoms with Gasteiger partial charge in [-0.2, -0.15) is 0 Å². The SMILES string of the molecule is CN1CCCN(C(=O)CCc2ccc(-c3ccccc3F)o2)CC1. The van der Waals surface area contributed by atoms with Crippen LogP contribution in [0.25, 0.3) is 11.3 Å². The van der Waals surface area contributed by atoms with Crippen LogP contribution in [0.2, 0.25) is 0 Å². The Morgan fingerprint density at radius 1 is 1.12 bits per heavy atom. The molecular formula is C19H23FN2O2. The molecule has 0 atom stereocenters. The second kappa shape index (κ2) is 7.62. The molecule has 4 nitrogen and oxygen atoms in total. The number of hydrogen-bond acceptors (Lipinski definition) is 3. The van der Waals surface area contributed by atoms with E-state index in [2.05, 4.69) is 11.9 Å². The van der Waals surface area contributed by atoms with E-state index in [0.29, 0.717) is 29.9 Å². The molecule has 5 heteroatoms. The third-order valence-corrected chi connectivity index (χ3v) is 4.46. The van der Waals surface area contributed by atoms with E-state index in [1.807, 2.05) is 11.0 Å². The van der Waals surface area contributed by atoms with Crippen molar-refractivity contribution in [2.24, 2.45) is 0 Å². The van der Waals surface area contributed by atoms with Crippen LogP contribution in [0.5, 0.6) is 0 Å². The molecule has 0 saturated carbocycles. The predicted octanol–water partition coefficient (Wildman–Crippen LogP) is 3.18. The number of amides is 1. The van der Waals surface area contributed by atoms with E-state index in [4.69, 9.17) is 4.42 Å². The Kier molecular flexibility index (Phi) is 5.30. The molecule has 24 heavy (non-hydrogen) atoms. The first kappa shape index (κ1) is 16.7. The highest BCUT2D eigenvalue weighted by Gasteiger charge is 2.18. The van der Waals surface area contributed by atoms with Crippen LogP contribution in [0.3, 0.4) is 0 Å². The number of carbonyl (C=O) groups is 1. The minimum atomic E-state index is -0.303. The van der Waals surface area contributed by atoms with Gasteiger partial charge in [-0.1, -0.05) is 12.1 Å². The summed E-state index contributed by atoms with van der Waals surface area (Å²) >= 11 is 0. The molecule has 1 amide bonds. The fraction of sp³-hybridized carbons (Fsp3) is 0.421. The molecule has 0 aliphatic carbocycles. The predicted molar refractivity (Wildman–Crippen MR) is 91.1 cm³/mol. The van der Waals surface area contributed by atoms with E-state index in [1.165, 1.54) is 6.07 Å². The molecule has 1 aromatic carbocycles. The summed E-state index contributed by atoms with van der Waals surface area (Å²) in [7, 11) is 2.08. The number of rotatable bonds is 4. The van der Waals surface area contributed by atoms with Gasteiger partial charge in [0.05, 0.1) is 5.56 Å². The monoisotopic (exact) mass is 330 g/mol. The molecule has 0 unspecified atom stereocenters. The van der Waals surface area contributed by atoms with Crippen LogP contribution in [-0.2, 0) is 11.2 Å². The van der Waals surface area contributed by atoms with Gasteiger partial charge in [0.1, 0.15) is 17.3 Å². The van der Waals surface area contributed by atoms with Crippen molar-refractivity contribution in [3.05, 3.63) is 48.0 Å². The maximum absolute atomic E-state index is 13.8. The average Bonchev–Trinajstić information content (AvgIpc) is 2.94. The Labute approximate surface area is 141 Å². The summed E-state index contributed by atoms with van der Waals surface area (Å²) < 4.78 is 19.5. The highest BCUT2D eigenvalue weighted by Crippen LogP contribution is 2.25. The van der Waals surface area contributed by atoms with Gasteiger partial charge in [-0.05, 0) is 44.3 Å². The van der Waals surface area contributed by atoms with Crippen LogP contribution < -0.4 is 0 Å². The van der Waals surface area contributed by atoms with Crippen molar-refractivity contribution in [2.75, 3.05) is 33.2 Å². The topological polar surface area (TPSA) is 36.7 Å². The number of likely N-dealkylation sites (N-methyl/N-ethyl adjacent to an activating group) is 1. The van der Waals surface area contributed by atoms with Gasteiger partial charge in [0.25, 0.3) is 0 Å². The molecule has 3 rings (SSSR count). The van der Waals surface area contributed by atoms with Crippen LogP contribution >= 0.6 is 0 Å². The van der Waals surface area contributed by atoms with E-state index < -0.39 is 0 Å². The summed E-state index contributed by atoms with van der Waals surface area (Å²) in [6.07, 6.45) is 1.98. The molecule has 0 N–H and O–H groups in total. The summed E-state index contributed by atoms with van der Waals surface area (Å²) in [4.78, 5) is 16.6. The van der Waals surface area contributed by atoms with Crippen molar-refractivity contribution in [3.8, 4) is 11.3 Å². The number of nitrogens with zero attached hydrogens (tertiary/aromatic N) is 2. The van der Waals surface area contributed by atoms with E-state index in [-0.39, 0.29) is 11.7 Å². The van der Waals surface area contributed by atoms with E-state index in [1.54, 1.807) is 24.3 Å². The van der Waals surface area contributed by atoms with Gasteiger partial charge in [-0.15, -0.1) is 0 Å². The summed E-state index contributed by atoms with van der Waals surface area (Å²) in [5.41, 5.74) is 0.450. The van der Waals surface area contributed by atoms with Crippen molar-refractivity contribution in [2.45, 2.75) is 19.3 Å². The molecule has 1 aromatic heterocycles. The van der Waals surface area contributed by atoms with Gasteiger partial charge in [-0.25, -0.2) is 4.39 Å². The smallest absolute Gasteiger partial charge is 0.223 e. The van der Waals surface area contributed by atoms with Gasteiger partial charge < -0.3 is 14.2 Å². The second-order valence-electron chi connectivity index (χ2n) is 6.28. The zero-order valence-corrected chi connectivity index (χ0v) is 14.0. The molecular weight excluding hydrogens is 307 g/mol. The van der Waals surface area contributed by atoms with Crippen molar-refractivity contribution in [3.63, 3.8) is 0 Å². The van der Waals surface area contributed by atoms with Crippen LogP contribution in [0.4, 0.5) is 4.39 Å². The Bertz CT molecular complexity index is 698. The van der Waals surface area contributed by atoms with Crippen LogP contribution in [0, 0.1) is 5.82 Å². The fourth-order valence-corrected chi connectivity index (χ4v) is 3.00. The van der Waals surface area contributed by atoms with Crippen molar-refractivity contribution in [1.29, 1.82) is 0 Å². The molecule has 2 heterocycles. The van der Waals surface area contributed by atoms with Gasteiger partial charge >= 0.3 is 0 Å². The lowest BCUT2D eigenvalue weighted by Crippen LogP contribution is -2.34. The fourth-order valence-electron chi connectivity index (χ4n) is 3.00. The lowest BCUT2D eigenvalue weighted by atomic mass is 10.1. The lowest BCUT2D eigenvalue weighted by molar-refractivity contribution is -0.131. The second-order valence-corrected chi connectivity index (χ2v) is 6.28. The molecule has 0 spiro atoms. The van der Waals surface area contributed by atoms with Gasteiger partial charge in [0.15, 0.2) is 0 Å².